The van der Waals surface area contributed by atoms with E-state index in [0.29, 0.717) is 0 Å². The molecule has 1 aliphatic carbocycles. The van der Waals surface area contributed by atoms with E-state index in [2.05, 4.69) is 118 Å². The number of nitrogens with zero attached hydrogens (tertiary/aromatic N) is 1. The minimum atomic E-state index is -1.51. The fourth-order valence-corrected chi connectivity index (χ4v) is 9.03. The maximum Gasteiger partial charge on any atom is 0.409 e. The number of hydrogen-bond donors (Lipinski definition) is 1. The van der Waals surface area contributed by atoms with Crippen LogP contribution in [0.15, 0.2) is 60.7 Å². The Bertz CT molecular complexity index is 1710. The number of hydrogen-bond acceptors (Lipinski definition) is 4. The monoisotopic (exact) mass is 574 g/mol. The number of nitrogens with one attached hydrogen (secondary N) is 1. The van der Waals surface area contributed by atoms with Crippen LogP contribution in [0.3, 0.4) is 0 Å². The molecule has 0 bridgehead atoms. The van der Waals surface area contributed by atoms with Gasteiger partial charge in [0.2, 0.25) is 0 Å². The molecule has 0 spiro atoms. The molecule has 0 saturated heterocycles. The van der Waals surface area contributed by atoms with Gasteiger partial charge in [-0.05, 0) is 109 Å². The van der Waals surface area contributed by atoms with E-state index in [9.17, 15) is 4.79 Å². The molecule has 42 heavy (non-hydrogen) atoms. The third-order valence-corrected chi connectivity index (χ3v) is 10.9. The summed E-state index contributed by atoms with van der Waals surface area (Å²) in [6.45, 7) is 17.1. The Kier molecular flexibility index (Phi) is 7.04. The molecule has 1 N–H and O–H groups in total. The maximum absolute atomic E-state index is 13.0. The van der Waals surface area contributed by atoms with Crippen molar-refractivity contribution in [2.75, 3.05) is 17.1 Å². The van der Waals surface area contributed by atoms with E-state index in [4.69, 9.17) is 4.74 Å². The summed E-state index contributed by atoms with van der Waals surface area (Å²) >= 11 is 0. The SMILES string of the molecule is COC(=O)C1(C)Cc2c(C)c(C[Si](C)(C)C)c(B3Nc4cccc5cc(C)cc(c45)N3Cc3ccccc3)c(C)c2C1. The Morgan fingerprint density at radius 1 is 0.976 bits per heavy atom. The molecule has 1 unspecified atom stereocenters. The molecular weight excluding hydrogens is 531 g/mol. The molecule has 4 nitrogen and oxygen atoms in total. The number of fused-ring (bicyclic) bond motifs is 1. The van der Waals surface area contributed by atoms with Gasteiger partial charge >= 0.3 is 13.0 Å². The molecule has 0 amide bonds. The van der Waals surface area contributed by atoms with Gasteiger partial charge in [0.25, 0.3) is 0 Å². The average molecular weight is 575 g/mol. The largest absolute Gasteiger partial charge is 0.469 e. The second-order valence-corrected chi connectivity index (χ2v) is 19.6. The topological polar surface area (TPSA) is 41.6 Å². The second kappa shape index (κ2) is 10.3. The van der Waals surface area contributed by atoms with Crippen molar-refractivity contribution in [1.82, 2.24) is 0 Å². The van der Waals surface area contributed by atoms with Crippen LogP contribution in [0.5, 0.6) is 0 Å². The normalized spacial score (nSPS) is 17.8. The summed E-state index contributed by atoms with van der Waals surface area (Å²) < 4.78 is 5.32. The standard InChI is InChI=1S/C36H43BN2O2Si/c1-23-17-27-15-12-16-31-33(27)32(18-23)39(21-26-13-10-9-11-14-26)37(38-31)34-25(3)29-20-36(4,35(40)41-5)19-28(29)24(2)30(34)22-42(6,7)8/h9-18,38H,19-22H2,1-8H3. The number of aryl methyl sites for hydroxylation is 1. The molecule has 4 aromatic carbocycles. The highest BCUT2D eigenvalue weighted by molar-refractivity contribution is 6.82. The fourth-order valence-electron chi connectivity index (χ4n) is 7.51. The van der Waals surface area contributed by atoms with Crippen LogP contribution in [-0.4, -0.2) is 28.1 Å². The predicted octanol–water partition coefficient (Wildman–Crippen LogP) is 7.29. The predicted molar refractivity (Wildman–Crippen MR) is 181 cm³/mol. The molecule has 1 heterocycles. The molecule has 1 atom stereocenters. The number of ether oxygens (including phenoxy) is 1. The van der Waals surface area contributed by atoms with Gasteiger partial charge in [-0.1, -0.05) is 68.2 Å². The van der Waals surface area contributed by atoms with Gasteiger partial charge in [0.05, 0.1) is 12.5 Å². The lowest BCUT2D eigenvalue weighted by Crippen LogP contribution is -2.58. The highest BCUT2D eigenvalue weighted by Gasteiger charge is 2.45. The minimum absolute atomic E-state index is 0.0366. The molecule has 6 rings (SSSR count). The van der Waals surface area contributed by atoms with Crippen LogP contribution in [-0.2, 0) is 35.0 Å². The molecule has 4 aromatic rings. The van der Waals surface area contributed by atoms with Crippen molar-refractivity contribution in [2.45, 2.75) is 72.8 Å². The highest BCUT2D eigenvalue weighted by Crippen LogP contribution is 2.44. The molecule has 2 aliphatic rings. The zero-order valence-corrected chi connectivity index (χ0v) is 27.4. The highest BCUT2D eigenvalue weighted by atomic mass is 28.3. The first kappa shape index (κ1) is 28.6. The number of anilines is 2. The summed E-state index contributed by atoms with van der Waals surface area (Å²) in [5, 5.41) is 6.61. The van der Waals surface area contributed by atoms with Gasteiger partial charge in [0, 0.05) is 31.4 Å². The molecule has 216 valence electrons. The first-order valence-electron chi connectivity index (χ1n) is 15.2. The van der Waals surface area contributed by atoms with E-state index in [1.807, 2.05) is 0 Å². The molecule has 6 heteroatoms. The van der Waals surface area contributed by atoms with E-state index in [-0.39, 0.29) is 13.0 Å². The van der Waals surface area contributed by atoms with Gasteiger partial charge in [-0.15, -0.1) is 0 Å². The quantitative estimate of drug-likeness (QED) is 0.194. The summed E-state index contributed by atoms with van der Waals surface area (Å²) in [5.74, 6) is -0.108. The number of benzene rings is 4. The molecule has 0 aromatic heterocycles. The Balaban J connectivity index is 1.61. The maximum atomic E-state index is 13.0. The van der Waals surface area contributed by atoms with Crippen molar-refractivity contribution in [1.29, 1.82) is 0 Å². The molecule has 0 saturated carbocycles. The van der Waals surface area contributed by atoms with Crippen molar-refractivity contribution in [3.8, 4) is 0 Å². The van der Waals surface area contributed by atoms with E-state index in [1.54, 1.807) is 0 Å². The Labute approximate surface area is 252 Å². The third-order valence-electron chi connectivity index (χ3n) is 9.45. The third kappa shape index (κ3) is 4.84. The van der Waals surface area contributed by atoms with Gasteiger partial charge in [0.15, 0.2) is 0 Å². The van der Waals surface area contributed by atoms with Crippen LogP contribution >= 0.6 is 0 Å². The average Bonchev–Trinajstić information content (AvgIpc) is 3.32. The molecule has 0 fully saturated rings. The van der Waals surface area contributed by atoms with E-state index < -0.39 is 13.5 Å². The van der Waals surface area contributed by atoms with E-state index >= 15 is 0 Å². The van der Waals surface area contributed by atoms with Crippen molar-refractivity contribution < 1.29 is 9.53 Å². The summed E-state index contributed by atoms with van der Waals surface area (Å²) in [7, 11) is 0.0117. The minimum Gasteiger partial charge on any atom is -0.469 e. The van der Waals surface area contributed by atoms with Crippen LogP contribution in [0.25, 0.3) is 10.8 Å². The number of carbonyl (C=O) groups excluding carboxylic acids is 1. The van der Waals surface area contributed by atoms with Crippen molar-refractivity contribution in [3.05, 3.63) is 99.6 Å². The number of carbonyl (C=O) groups is 1. The summed E-state index contributed by atoms with van der Waals surface area (Å²) in [6.07, 6.45) is 1.46. The van der Waals surface area contributed by atoms with Crippen molar-refractivity contribution >= 4 is 48.6 Å². The second-order valence-electron chi connectivity index (χ2n) is 14.1. The molecule has 1 aliphatic heterocycles. The lowest BCUT2D eigenvalue weighted by Gasteiger charge is -2.40. The van der Waals surface area contributed by atoms with Crippen LogP contribution < -0.4 is 15.5 Å². The van der Waals surface area contributed by atoms with Crippen LogP contribution in [0, 0.1) is 26.2 Å². The van der Waals surface area contributed by atoms with Gasteiger partial charge in [-0.3, -0.25) is 4.79 Å². The van der Waals surface area contributed by atoms with Crippen molar-refractivity contribution in [2.24, 2.45) is 5.41 Å². The first-order chi connectivity index (χ1) is 19.9. The van der Waals surface area contributed by atoms with Crippen molar-refractivity contribution in [3.63, 3.8) is 0 Å². The zero-order chi connectivity index (χ0) is 30.0. The van der Waals surface area contributed by atoms with Gasteiger partial charge in [-0.2, -0.15) is 0 Å². The summed E-state index contributed by atoms with van der Waals surface area (Å²) in [6, 6.07) is 23.2. The smallest absolute Gasteiger partial charge is 0.409 e. The van der Waals surface area contributed by atoms with E-state index in [0.717, 1.165) is 25.4 Å². The Morgan fingerprint density at radius 2 is 1.67 bits per heavy atom. The molecule has 0 radical (unpaired) electrons. The lowest BCUT2D eigenvalue weighted by molar-refractivity contribution is -0.151. The summed E-state index contributed by atoms with van der Waals surface area (Å²) in [5.41, 5.74) is 12.8. The van der Waals surface area contributed by atoms with Crippen LogP contribution in [0.4, 0.5) is 11.4 Å². The summed E-state index contributed by atoms with van der Waals surface area (Å²) in [4.78, 5) is 15.6. The zero-order valence-electron chi connectivity index (χ0n) is 26.4. The Morgan fingerprint density at radius 3 is 2.33 bits per heavy atom. The number of methoxy groups -OCH3 is 1. The van der Waals surface area contributed by atoms with Crippen LogP contribution in [0.2, 0.25) is 19.6 Å². The van der Waals surface area contributed by atoms with Gasteiger partial charge in [0.1, 0.15) is 0 Å². The number of esters is 1. The van der Waals surface area contributed by atoms with E-state index in [1.165, 1.54) is 73.7 Å². The van der Waals surface area contributed by atoms with Gasteiger partial charge < -0.3 is 14.8 Å². The Hall–Kier alpha value is -3.51. The number of rotatable bonds is 6. The lowest BCUT2D eigenvalue weighted by atomic mass is 9.58. The first-order valence-corrected chi connectivity index (χ1v) is 18.9. The fraction of sp³-hybridized carbons (Fsp3) is 0.361. The molecular formula is C36H43BN2O2Si. The van der Waals surface area contributed by atoms with Gasteiger partial charge in [-0.25, -0.2) is 0 Å². The van der Waals surface area contributed by atoms with Crippen LogP contribution in [0.1, 0.15) is 45.9 Å².